The van der Waals surface area contributed by atoms with Gasteiger partial charge in [-0.2, -0.15) is 9.57 Å². The second kappa shape index (κ2) is 5.02. The number of nitrogens with zero attached hydrogens (tertiary/aromatic N) is 3. The van der Waals surface area contributed by atoms with Gasteiger partial charge in [-0.15, -0.1) is 0 Å². The maximum atomic E-state index is 12.5. The van der Waals surface area contributed by atoms with Gasteiger partial charge >= 0.3 is 0 Å². The highest BCUT2D eigenvalue weighted by Crippen LogP contribution is 2.20. The molecule has 0 radical (unpaired) electrons. The lowest BCUT2D eigenvalue weighted by atomic mass is 10.3. The molecule has 1 aliphatic rings. The molecule has 2 heterocycles. The maximum Gasteiger partial charge on any atom is 0.262 e. The van der Waals surface area contributed by atoms with Crippen LogP contribution in [0.1, 0.15) is 12.5 Å². The van der Waals surface area contributed by atoms with Gasteiger partial charge in [0.25, 0.3) is 10.0 Å². The number of sulfonamides is 1. The van der Waals surface area contributed by atoms with Gasteiger partial charge in [0.1, 0.15) is 6.07 Å². The van der Waals surface area contributed by atoms with Gasteiger partial charge in [0.05, 0.1) is 5.56 Å². The van der Waals surface area contributed by atoms with Gasteiger partial charge < -0.3 is 5.32 Å². The lowest BCUT2D eigenvalue weighted by Gasteiger charge is -2.32. The molecule has 1 aromatic heterocycles. The van der Waals surface area contributed by atoms with Gasteiger partial charge in [-0.05, 0) is 19.1 Å². The smallest absolute Gasteiger partial charge is 0.262 e. The predicted molar refractivity (Wildman–Crippen MR) is 65.2 cm³/mol. The summed E-state index contributed by atoms with van der Waals surface area (Å²) >= 11 is 0. The van der Waals surface area contributed by atoms with E-state index in [2.05, 4.69) is 10.3 Å². The zero-order valence-corrected chi connectivity index (χ0v) is 10.8. The van der Waals surface area contributed by atoms with Crippen LogP contribution >= 0.6 is 0 Å². The molecular formula is C11H14N4O2S. The van der Waals surface area contributed by atoms with Crippen molar-refractivity contribution in [2.75, 3.05) is 19.6 Å². The Morgan fingerprint density at radius 2 is 2.39 bits per heavy atom. The van der Waals surface area contributed by atoms with Gasteiger partial charge in [0.2, 0.25) is 0 Å². The molecule has 1 N–H and O–H groups in total. The Kier molecular flexibility index (Phi) is 3.61. The van der Waals surface area contributed by atoms with E-state index in [9.17, 15) is 8.42 Å². The molecule has 0 spiro atoms. The van der Waals surface area contributed by atoms with Crippen LogP contribution in [0.3, 0.4) is 0 Å². The highest BCUT2D eigenvalue weighted by atomic mass is 32.2. The van der Waals surface area contributed by atoms with Crippen molar-refractivity contribution in [1.29, 1.82) is 5.26 Å². The SMILES string of the molecule is CC1CNCCN1S(=O)(=O)c1ncccc1C#N. The van der Waals surface area contributed by atoms with E-state index in [1.807, 2.05) is 13.0 Å². The molecule has 0 saturated carbocycles. The average Bonchev–Trinajstić information content (AvgIpc) is 2.39. The molecule has 18 heavy (non-hydrogen) atoms. The first kappa shape index (κ1) is 13.0. The maximum absolute atomic E-state index is 12.5. The third-order valence-corrected chi connectivity index (χ3v) is 4.86. The lowest BCUT2D eigenvalue weighted by molar-refractivity contribution is 0.283. The lowest BCUT2D eigenvalue weighted by Crippen LogP contribution is -2.52. The van der Waals surface area contributed by atoms with Crippen LogP contribution in [-0.4, -0.2) is 43.4 Å². The Labute approximate surface area is 106 Å². The van der Waals surface area contributed by atoms with Crippen LogP contribution in [0, 0.1) is 11.3 Å². The highest BCUT2D eigenvalue weighted by molar-refractivity contribution is 7.89. The summed E-state index contributed by atoms with van der Waals surface area (Å²) in [5.74, 6) is 0. The summed E-state index contributed by atoms with van der Waals surface area (Å²) in [7, 11) is -3.69. The third-order valence-electron chi connectivity index (χ3n) is 2.89. The van der Waals surface area contributed by atoms with Crippen LogP contribution in [0.5, 0.6) is 0 Å². The Morgan fingerprint density at radius 1 is 1.61 bits per heavy atom. The number of hydrogen-bond acceptors (Lipinski definition) is 5. The number of nitriles is 1. The van der Waals surface area contributed by atoms with Crippen molar-refractivity contribution < 1.29 is 8.42 Å². The normalized spacial score (nSPS) is 21.4. The van der Waals surface area contributed by atoms with Gasteiger partial charge in [-0.1, -0.05) is 0 Å². The van der Waals surface area contributed by atoms with E-state index < -0.39 is 10.0 Å². The van der Waals surface area contributed by atoms with Crippen LogP contribution in [0.4, 0.5) is 0 Å². The summed E-state index contributed by atoms with van der Waals surface area (Å²) in [6, 6.07) is 4.75. The molecule has 0 amide bonds. The second-order valence-electron chi connectivity index (χ2n) is 4.14. The van der Waals surface area contributed by atoms with Crippen molar-refractivity contribution in [3.8, 4) is 6.07 Å². The van der Waals surface area contributed by atoms with Gasteiger partial charge in [-0.25, -0.2) is 13.4 Å². The largest absolute Gasteiger partial charge is 0.314 e. The van der Waals surface area contributed by atoms with Gasteiger partial charge in [-0.3, -0.25) is 0 Å². The highest BCUT2D eigenvalue weighted by Gasteiger charge is 2.33. The fraction of sp³-hybridized carbons (Fsp3) is 0.455. The standard InChI is InChI=1S/C11H14N4O2S/c1-9-8-13-5-6-15(9)18(16,17)11-10(7-12)3-2-4-14-11/h2-4,9,13H,5-6,8H2,1H3. The van der Waals surface area contributed by atoms with Crippen molar-refractivity contribution in [3.63, 3.8) is 0 Å². The summed E-state index contributed by atoms with van der Waals surface area (Å²) in [4.78, 5) is 3.86. The Balaban J connectivity index is 2.45. The van der Waals surface area contributed by atoms with Crippen molar-refractivity contribution in [1.82, 2.24) is 14.6 Å². The first-order valence-electron chi connectivity index (χ1n) is 5.65. The summed E-state index contributed by atoms with van der Waals surface area (Å²) in [5, 5.41) is 11.9. The van der Waals surface area contributed by atoms with E-state index in [4.69, 9.17) is 5.26 Å². The molecule has 1 saturated heterocycles. The number of hydrogen-bond donors (Lipinski definition) is 1. The first-order valence-corrected chi connectivity index (χ1v) is 7.09. The molecule has 7 heteroatoms. The van der Waals surface area contributed by atoms with Crippen molar-refractivity contribution in [2.24, 2.45) is 0 Å². The number of piperazine rings is 1. The molecule has 96 valence electrons. The molecule has 6 nitrogen and oxygen atoms in total. The minimum atomic E-state index is -3.69. The van der Waals surface area contributed by atoms with Crippen LogP contribution in [0.2, 0.25) is 0 Å². The topological polar surface area (TPSA) is 86.1 Å². The number of aromatic nitrogens is 1. The fourth-order valence-corrected chi connectivity index (χ4v) is 3.66. The number of pyridine rings is 1. The van der Waals surface area contributed by atoms with Crippen LogP contribution in [0.25, 0.3) is 0 Å². The van der Waals surface area contributed by atoms with Crippen LogP contribution in [-0.2, 0) is 10.0 Å². The summed E-state index contributed by atoms with van der Waals surface area (Å²) in [5.41, 5.74) is 0.0863. The van der Waals surface area contributed by atoms with E-state index in [1.54, 1.807) is 6.07 Å². The second-order valence-corrected chi connectivity index (χ2v) is 5.94. The van der Waals surface area contributed by atoms with Crippen molar-refractivity contribution in [3.05, 3.63) is 23.9 Å². The summed E-state index contributed by atoms with van der Waals surface area (Å²) in [6.07, 6.45) is 1.39. The molecule has 1 aromatic rings. The molecule has 0 aliphatic carbocycles. The predicted octanol–water partition coefficient (Wildman–Crippen LogP) is -0.0643. The monoisotopic (exact) mass is 266 g/mol. The zero-order chi connectivity index (χ0) is 13.2. The van der Waals surface area contributed by atoms with E-state index in [0.29, 0.717) is 19.6 Å². The number of nitrogens with one attached hydrogen (secondary N) is 1. The summed E-state index contributed by atoms with van der Waals surface area (Å²) in [6.45, 7) is 3.44. The minimum absolute atomic E-state index is 0.0863. The van der Waals surface area contributed by atoms with E-state index >= 15 is 0 Å². The third kappa shape index (κ3) is 2.22. The molecule has 1 aliphatic heterocycles. The molecule has 0 aromatic carbocycles. The minimum Gasteiger partial charge on any atom is -0.314 e. The average molecular weight is 266 g/mol. The molecule has 0 bridgehead atoms. The Hall–Kier alpha value is -1.49. The van der Waals surface area contributed by atoms with E-state index in [1.165, 1.54) is 16.6 Å². The Bertz CT molecular complexity index is 579. The summed E-state index contributed by atoms with van der Waals surface area (Å²) < 4.78 is 26.3. The Morgan fingerprint density at radius 3 is 3.06 bits per heavy atom. The van der Waals surface area contributed by atoms with E-state index in [0.717, 1.165) is 0 Å². The molecule has 2 rings (SSSR count). The first-order chi connectivity index (χ1) is 8.57. The van der Waals surface area contributed by atoms with E-state index in [-0.39, 0.29) is 16.6 Å². The van der Waals surface area contributed by atoms with Gasteiger partial charge in [0.15, 0.2) is 5.03 Å². The van der Waals surface area contributed by atoms with Gasteiger partial charge in [0, 0.05) is 31.9 Å². The fourth-order valence-electron chi connectivity index (χ4n) is 1.97. The molecule has 1 fully saturated rings. The van der Waals surface area contributed by atoms with Crippen LogP contribution in [0.15, 0.2) is 23.4 Å². The molecular weight excluding hydrogens is 252 g/mol. The number of rotatable bonds is 2. The zero-order valence-electron chi connectivity index (χ0n) is 10.00. The van der Waals surface area contributed by atoms with Crippen LogP contribution < -0.4 is 5.32 Å². The van der Waals surface area contributed by atoms with Crippen molar-refractivity contribution in [2.45, 2.75) is 18.0 Å². The van der Waals surface area contributed by atoms with Crippen molar-refractivity contribution >= 4 is 10.0 Å². The quantitative estimate of drug-likeness (QED) is 0.810. The molecule has 1 atom stereocenters. The molecule has 1 unspecified atom stereocenters.